The molecule has 0 aromatic heterocycles. The molecule has 0 spiro atoms. The maximum absolute atomic E-state index is 11.4. The van der Waals surface area contributed by atoms with Crippen molar-refractivity contribution < 1.29 is 0 Å². The third-order valence-electron chi connectivity index (χ3n) is 3.91. The lowest BCUT2D eigenvalue weighted by atomic mass is 9.85. The molecular formula is C19H16BrNO. The van der Waals surface area contributed by atoms with Gasteiger partial charge < -0.3 is 0 Å². The Morgan fingerprint density at radius 2 is 1.59 bits per heavy atom. The van der Waals surface area contributed by atoms with Gasteiger partial charge in [-0.15, -0.1) is 4.91 Å². The largest absolute Gasteiger partial charge is 0.150 e. The predicted molar refractivity (Wildman–Crippen MR) is 95.9 cm³/mol. The quantitative estimate of drug-likeness (QED) is 0.510. The van der Waals surface area contributed by atoms with Crippen LogP contribution in [0.1, 0.15) is 19.4 Å². The lowest BCUT2D eigenvalue weighted by Gasteiger charge is -2.21. The second kappa shape index (κ2) is 5.65. The summed E-state index contributed by atoms with van der Waals surface area (Å²) in [5.74, 6) is 0. The van der Waals surface area contributed by atoms with E-state index in [-0.39, 0.29) is 0 Å². The van der Waals surface area contributed by atoms with Crippen molar-refractivity contribution in [2.45, 2.75) is 19.4 Å². The van der Waals surface area contributed by atoms with Crippen LogP contribution in [-0.2, 0) is 5.54 Å². The standard InChI is InChI=1S/C19H16BrNO/c1-19(2,21-22)18-12-14-7-4-3-6-13(14)11-17(18)15-8-5-9-16(20)10-15/h3-12H,1-2H3. The summed E-state index contributed by atoms with van der Waals surface area (Å²) in [6.07, 6.45) is 0. The fraction of sp³-hybridized carbons (Fsp3) is 0.158. The fourth-order valence-corrected chi connectivity index (χ4v) is 3.09. The van der Waals surface area contributed by atoms with E-state index >= 15 is 0 Å². The highest BCUT2D eigenvalue weighted by atomic mass is 79.9. The highest BCUT2D eigenvalue weighted by Crippen LogP contribution is 2.37. The molecule has 110 valence electrons. The molecule has 2 nitrogen and oxygen atoms in total. The summed E-state index contributed by atoms with van der Waals surface area (Å²) >= 11 is 3.52. The molecule has 0 aliphatic rings. The van der Waals surface area contributed by atoms with Crippen molar-refractivity contribution in [2.24, 2.45) is 5.18 Å². The predicted octanol–water partition coefficient (Wildman–Crippen LogP) is 6.27. The number of nitroso groups, excluding NO2 is 1. The second-order valence-corrected chi connectivity index (χ2v) is 6.82. The van der Waals surface area contributed by atoms with Gasteiger partial charge in [-0.2, -0.15) is 0 Å². The van der Waals surface area contributed by atoms with Gasteiger partial charge in [0.25, 0.3) is 0 Å². The lowest BCUT2D eigenvalue weighted by molar-refractivity contribution is 0.555. The molecule has 3 heteroatoms. The molecule has 0 amide bonds. The Hall–Kier alpha value is -2.00. The molecule has 3 rings (SSSR count). The van der Waals surface area contributed by atoms with Crippen molar-refractivity contribution in [1.82, 2.24) is 0 Å². The maximum Gasteiger partial charge on any atom is 0.122 e. The van der Waals surface area contributed by atoms with Crippen LogP contribution in [0.15, 0.2) is 70.3 Å². The highest BCUT2D eigenvalue weighted by molar-refractivity contribution is 9.10. The summed E-state index contributed by atoms with van der Waals surface area (Å²) in [4.78, 5) is 11.4. The zero-order valence-corrected chi connectivity index (χ0v) is 14.1. The molecule has 22 heavy (non-hydrogen) atoms. The molecule has 0 aliphatic heterocycles. The topological polar surface area (TPSA) is 29.4 Å². The van der Waals surface area contributed by atoms with Crippen molar-refractivity contribution >= 4 is 26.7 Å². The number of nitrogens with zero attached hydrogens (tertiary/aromatic N) is 1. The smallest absolute Gasteiger partial charge is 0.122 e. The second-order valence-electron chi connectivity index (χ2n) is 5.91. The number of hydrogen-bond donors (Lipinski definition) is 0. The van der Waals surface area contributed by atoms with Gasteiger partial charge >= 0.3 is 0 Å². The van der Waals surface area contributed by atoms with E-state index in [1.807, 2.05) is 38.1 Å². The van der Waals surface area contributed by atoms with Crippen LogP contribution in [0.2, 0.25) is 0 Å². The fourth-order valence-electron chi connectivity index (χ4n) is 2.69. The van der Waals surface area contributed by atoms with E-state index in [2.05, 4.69) is 57.5 Å². The first-order valence-electron chi connectivity index (χ1n) is 7.15. The van der Waals surface area contributed by atoms with E-state index in [4.69, 9.17) is 0 Å². The zero-order chi connectivity index (χ0) is 15.7. The average Bonchev–Trinajstić information content (AvgIpc) is 2.53. The summed E-state index contributed by atoms with van der Waals surface area (Å²) in [7, 11) is 0. The van der Waals surface area contributed by atoms with E-state index in [1.54, 1.807) is 0 Å². The minimum absolute atomic E-state index is 0.776. The molecule has 0 bridgehead atoms. The Morgan fingerprint density at radius 1 is 0.909 bits per heavy atom. The number of halogens is 1. The van der Waals surface area contributed by atoms with Gasteiger partial charge in [-0.05, 0) is 65.6 Å². The molecule has 0 aliphatic carbocycles. The van der Waals surface area contributed by atoms with Gasteiger partial charge in [-0.25, -0.2) is 0 Å². The summed E-state index contributed by atoms with van der Waals surface area (Å²) in [5.41, 5.74) is 2.29. The summed E-state index contributed by atoms with van der Waals surface area (Å²) in [6, 6.07) is 20.5. The Labute approximate surface area is 138 Å². The molecular weight excluding hydrogens is 338 g/mol. The van der Waals surface area contributed by atoms with Gasteiger partial charge in [-0.1, -0.05) is 57.5 Å². The monoisotopic (exact) mass is 353 g/mol. The SMILES string of the molecule is CC(C)(N=O)c1cc2ccccc2cc1-c1cccc(Br)c1. The van der Waals surface area contributed by atoms with Crippen LogP contribution in [-0.4, -0.2) is 0 Å². The van der Waals surface area contributed by atoms with E-state index < -0.39 is 5.54 Å². The first kappa shape index (κ1) is 14.9. The minimum Gasteiger partial charge on any atom is -0.150 e. The Balaban J connectivity index is 2.35. The Morgan fingerprint density at radius 3 is 2.23 bits per heavy atom. The number of rotatable bonds is 3. The van der Waals surface area contributed by atoms with Crippen LogP contribution in [0.5, 0.6) is 0 Å². The molecule has 3 aromatic carbocycles. The molecule has 0 heterocycles. The van der Waals surface area contributed by atoms with Crippen molar-refractivity contribution in [3.05, 3.63) is 75.6 Å². The molecule has 0 saturated carbocycles. The van der Waals surface area contributed by atoms with Gasteiger partial charge in [0, 0.05) is 4.47 Å². The van der Waals surface area contributed by atoms with Crippen LogP contribution >= 0.6 is 15.9 Å². The molecule has 0 saturated heterocycles. The van der Waals surface area contributed by atoms with Gasteiger partial charge in [0.15, 0.2) is 0 Å². The molecule has 0 N–H and O–H groups in total. The molecule has 0 radical (unpaired) electrons. The maximum atomic E-state index is 11.4. The zero-order valence-electron chi connectivity index (χ0n) is 12.5. The summed E-state index contributed by atoms with van der Waals surface area (Å²) < 4.78 is 1.01. The Kier molecular flexibility index (Phi) is 3.83. The molecule has 0 unspecified atom stereocenters. The minimum atomic E-state index is -0.776. The van der Waals surface area contributed by atoms with Crippen LogP contribution in [0.3, 0.4) is 0 Å². The van der Waals surface area contributed by atoms with E-state index in [1.165, 1.54) is 0 Å². The van der Waals surface area contributed by atoms with Gasteiger partial charge in [-0.3, -0.25) is 0 Å². The van der Waals surface area contributed by atoms with Crippen LogP contribution in [0.25, 0.3) is 21.9 Å². The van der Waals surface area contributed by atoms with Crippen LogP contribution in [0.4, 0.5) is 0 Å². The van der Waals surface area contributed by atoms with Gasteiger partial charge in [0.05, 0.1) is 0 Å². The van der Waals surface area contributed by atoms with E-state index in [0.717, 1.165) is 31.9 Å². The van der Waals surface area contributed by atoms with Gasteiger partial charge in [0.2, 0.25) is 0 Å². The summed E-state index contributed by atoms with van der Waals surface area (Å²) in [5, 5.41) is 5.62. The number of benzene rings is 3. The van der Waals surface area contributed by atoms with Gasteiger partial charge in [0.1, 0.15) is 5.54 Å². The molecule has 0 fully saturated rings. The van der Waals surface area contributed by atoms with E-state index in [9.17, 15) is 4.91 Å². The third kappa shape index (κ3) is 2.69. The highest BCUT2D eigenvalue weighted by Gasteiger charge is 2.25. The summed E-state index contributed by atoms with van der Waals surface area (Å²) in [6.45, 7) is 3.71. The first-order chi connectivity index (χ1) is 10.5. The van der Waals surface area contributed by atoms with Crippen molar-refractivity contribution in [3.8, 4) is 11.1 Å². The number of hydrogen-bond acceptors (Lipinski definition) is 2. The third-order valence-corrected chi connectivity index (χ3v) is 4.40. The number of fused-ring (bicyclic) bond motifs is 1. The normalized spacial score (nSPS) is 11.6. The van der Waals surface area contributed by atoms with Crippen LogP contribution in [0, 0.1) is 4.91 Å². The Bertz CT molecular complexity index is 855. The van der Waals surface area contributed by atoms with Crippen molar-refractivity contribution in [2.75, 3.05) is 0 Å². The van der Waals surface area contributed by atoms with Crippen LogP contribution < -0.4 is 0 Å². The van der Waals surface area contributed by atoms with Crippen molar-refractivity contribution in [3.63, 3.8) is 0 Å². The average molecular weight is 354 g/mol. The van der Waals surface area contributed by atoms with E-state index in [0.29, 0.717) is 0 Å². The molecule has 0 atom stereocenters. The molecule has 3 aromatic rings. The first-order valence-corrected chi connectivity index (χ1v) is 7.94. The van der Waals surface area contributed by atoms with Crippen molar-refractivity contribution in [1.29, 1.82) is 0 Å². The lowest BCUT2D eigenvalue weighted by Crippen LogP contribution is -2.14.